The molecule has 0 aliphatic heterocycles. The minimum atomic E-state index is -3.74. The number of aryl methyl sites for hydroxylation is 2. The number of nitrogens with zero attached hydrogens (tertiary/aromatic N) is 2. The summed E-state index contributed by atoms with van der Waals surface area (Å²) in [4.78, 5) is 27.7. The van der Waals surface area contributed by atoms with E-state index in [1.165, 1.54) is 4.90 Å². The number of rotatable bonds is 11. The van der Waals surface area contributed by atoms with E-state index in [0.29, 0.717) is 12.2 Å². The Morgan fingerprint density at radius 1 is 1.00 bits per heavy atom. The van der Waals surface area contributed by atoms with Crippen LogP contribution in [0.25, 0.3) is 0 Å². The highest BCUT2D eigenvalue weighted by atomic mass is 32.2. The first-order valence-corrected chi connectivity index (χ1v) is 13.1. The lowest BCUT2D eigenvalue weighted by molar-refractivity contribution is -0.139. The number of anilines is 1. The maximum Gasteiger partial charge on any atom is 0.244 e. The molecule has 0 unspecified atom stereocenters. The molecule has 0 saturated carbocycles. The number of sulfonamides is 1. The zero-order valence-corrected chi connectivity index (χ0v) is 21.0. The third kappa shape index (κ3) is 7.32. The molecule has 2 amide bonds. The van der Waals surface area contributed by atoms with Gasteiger partial charge in [-0.05, 0) is 43.9 Å². The number of nitrogens with one attached hydrogen (secondary N) is 1. The molecule has 180 valence electrons. The van der Waals surface area contributed by atoms with E-state index in [2.05, 4.69) is 5.32 Å². The predicted molar refractivity (Wildman–Crippen MR) is 132 cm³/mol. The lowest BCUT2D eigenvalue weighted by atomic mass is 10.1. The molecule has 33 heavy (non-hydrogen) atoms. The number of benzene rings is 2. The second kappa shape index (κ2) is 11.8. The number of hydrogen-bond donors (Lipinski definition) is 1. The van der Waals surface area contributed by atoms with Gasteiger partial charge in [0, 0.05) is 13.1 Å². The van der Waals surface area contributed by atoms with Gasteiger partial charge in [0.1, 0.15) is 12.6 Å². The van der Waals surface area contributed by atoms with Gasteiger partial charge in [-0.15, -0.1) is 0 Å². The maximum absolute atomic E-state index is 13.5. The average molecular weight is 474 g/mol. The van der Waals surface area contributed by atoms with E-state index < -0.39 is 22.0 Å². The molecule has 0 spiro atoms. The fourth-order valence-corrected chi connectivity index (χ4v) is 4.64. The standard InChI is InChI=1S/C25H35N3O4S/c1-6-7-16-26-25(30)21(4)27(17-22-14-9-8-10-15-22)23(29)18-28(33(5,31)32)24-19(2)12-11-13-20(24)3/h8-15,21H,6-7,16-18H2,1-5H3,(H,26,30)/t21-/m0/s1. The molecule has 0 heterocycles. The van der Waals surface area contributed by atoms with E-state index in [4.69, 9.17) is 0 Å². The summed E-state index contributed by atoms with van der Waals surface area (Å²) in [6.45, 7) is 7.69. The van der Waals surface area contributed by atoms with Crippen molar-refractivity contribution in [2.45, 2.75) is 53.1 Å². The molecular weight excluding hydrogens is 438 g/mol. The van der Waals surface area contributed by atoms with Crippen LogP contribution in [0.15, 0.2) is 48.5 Å². The highest BCUT2D eigenvalue weighted by Crippen LogP contribution is 2.27. The van der Waals surface area contributed by atoms with Crippen LogP contribution in [0.4, 0.5) is 5.69 Å². The van der Waals surface area contributed by atoms with E-state index in [-0.39, 0.29) is 19.0 Å². The van der Waals surface area contributed by atoms with E-state index in [0.717, 1.165) is 40.1 Å². The number of para-hydroxylation sites is 1. The Hall–Kier alpha value is -2.87. The van der Waals surface area contributed by atoms with Gasteiger partial charge in [0.2, 0.25) is 21.8 Å². The van der Waals surface area contributed by atoms with Crippen LogP contribution in [-0.4, -0.2) is 50.5 Å². The first-order chi connectivity index (χ1) is 15.6. The second-order valence-electron chi connectivity index (χ2n) is 8.34. The molecule has 0 saturated heterocycles. The van der Waals surface area contributed by atoms with Crippen molar-refractivity contribution in [3.8, 4) is 0 Å². The Bertz CT molecular complexity index is 1030. The Balaban J connectivity index is 2.38. The predicted octanol–water partition coefficient (Wildman–Crippen LogP) is 3.40. The van der Waals surface area contributed by atoms with Crippen LogP contribution in [0, 0.1) is 13.8 Å². The van der Waals surface area contributed by atoms with Crippen LogP contribution in [0.3, 0.4) is 0 Å². The van der Waals surface area contributed by atoms with Gasteiger partial charge in [0.25, 0.3) is 0 Å². The molecular formula is C25H35N3O4S. The smallest absolute Gasteiger partial charge is 0.244 e. The number of amides is 2. The molecule has 0 aromatic heterocycles. The fourth-order valence-electron chi connectivity index (χ4n) is 3.67. The van der Waals surface area contributed by atoms with Crippen LogP contribution >= 0.6 is 0 Å². The van der Waals surface area contributed by atoms with E-state index in [9.17, 15) is 18.0 Å². The van der Waals surface area contributed by atoms with Gasteiger partial charge in [0.05, 0.1) is 11.9 Å². The number of hydrogen-bond acceptors (Lipinski definition) is 4. The Morgan fingerprint density at radius 2 is 1.61 bits per heavy atom. The largest absolute Gasteiger partial charge is 0.354 e. The summed E-state index contributed by atoms with van der Waals surface area (Å²) >= 11 is 0. The summed E-state index contributed by atoms with van der Waals surface area (Å²) in [7, 11) is -3.74. The highest BCUT2D eigenvalue weighted by Gasteiger charge is 2.30. The van der Waals surface area contributed by atoms with Crippen molar-refractivity contribution >= 4 is 27.5 Å². The summed E-state index contributed by atoms with van der Waals surface area (Å²) in [6.07, 6.45) is 2.88. The van der Waals surface area contributed by atoms with Crippen molar-refractivity contribution in [2.24, 2.45) is 0 Å². The third-order valence-electron chi connectivity index (χ3n) is 5.56. The van der Waals surface area contributed by atoms with Crippen molar-refractivity contribution in [1.82, 2.24) is 10.2 Å². The first kappa shape index (κ1) is 26.4. The molecule has 8 heteroatoms. The summed E-state index contributed by atoms with van der Waals surface area (Å²) in [5.41, 5.74) is 2.87. The number of carbonyl (C=O) groups is 2. The average Bonchev–Trinajstić information content (AvgIpc) is 2.76. The van der Waals surface area contributed by atoms with Gasteiger partial charge in [0.15, 0.2) is 0 Å². The zero-order valence-electron chi connectivity index (χ0n) is 20.2. The van der Waals surface area contributed by atoms with Gasteiger partial charge in [-0.3, -0.25) is 13.9 Å². The van der Waals surface area contributed by atoms with Crippen LogP contribution in [0.1, 0.15) is 43.4 Å². The SMILES string of the molecule is CCCCNC(=O)[C@H](C)N(Cc1ccccc1)C(=O)CN(c1c(C)cccc1C)S(C)(=O)=O. The van der Waals surface area contributed by atoms with Gasteiger partial charge in [-0.2, -0.15) is 0 Å². The summed E-state index contributed by atoms with van der Waals surface area (Å²) in [5.74, 6) is -0.698. The van der Waals surface area contributed by atoms with E-state index in [1.807, 2.05) is 69.3 Å². The number of unbranched alkanes of at least 4 members (excludes halogenated alkanes) is 1. The van der Waals surface area contributed by atoms with Crippen molar-refractivity contribution in [3.63, 3.8) is 0 Å². The van der Waals surface area contributed by atoms with Crippen molar-refractivity contribution in [1.29, 1.82) is 0 Å². The van der Waals surface area contributed by atoms with Crippen molar-refractivity contribution in [3.05, 3.63) is 65.2 Å². The van der Waals surface area contributed by atoms with Gasteiger partial charge < -0.3 is 10.2 Å². The van der Waals surface area contributed by atoms with Crippen LogP contribution < -0.4 is 9.62 Å². The molecule has 0 aliphatic rings. The molecule has 0 bridgehead atoms. The monoisotopic (exact) mass is 473 g/mol. The molecule has 0 aliphatic carbocycles. The molecule has 1 N–H and O–H groups in total. The van der Waals surface area contributed by atoms with Crippen LogP contribution in [0.2, 0.25) is 0 Å². The second-order valence-corrected chi connectivity index (χ2v) is 10.2. The molecule has 0 fully saturated rings. The third-order valence-corrected chi connectivity index (χ3v) is 6.67. The summed E-state index contributed by atoms with van der Waals surface area (Å²) in [6, 6.07) is 14.1. The zero-order chi connectivity index (χ0) is 24.6. The van der Waals surface area contributed by atoms with Crippen molar-refractivity contribution in [2.75, 3.05) is 23.7 Å². The normalized spacial score (nSPS) is 12.2. The van der Waals surface area contributed by atoms with Crippen LogP contribution in [0.5, 0.6) is 0 Å². The van der Waals surface area contributed by atoms with Gasteiger partial charge >= 0.3 is 0 Å². The Labute approximate surface area is 197 Å². The highest BCUT2D eigenvalue weighted by molar-refractivity contribution is 7.92. The molecule has 1 atom stereocenters. The summed E-state index contributed by atoms with van der Waals surface area (Å²) in [5, 5.41) is 2.87. The maximum atomic E-state index is 13.5. The van der Waals surface area contributed by atoms with E-state index in [1.54, 1.807) is 6.92 Å². The minimum Gasteiger partial charge on any atom is -0.354 e. The summed E-state index contributed by atoms with van der Waals surface area (Å²) < 4.78 is 26.6. The Morgan fingerprint density at radius 3 is 2.15 bits per heavy atom. The quantitative estimate of drug-likeness (QED) is 0.507. The van der Waals surface area contributed by atoms with E-state index >= 15 is 0 Å². The molecule has 0 radical (unpaired) electrons. The van der Waals surface area contributed by atoms with Gasteiger partial charge in [-0.1, -0.05) is 61.9 Å². The van der Waals surface area contributed by atoms with Crippen LogP contribution in [-0.2, 0) is 26.2 Å². The number of carbonyl (C=O) groups excluding carboxylic acids is 2. The van der Waals surface area contributed by atoms with Crippen molar-refractivity contribution < 1.29 is 18.0 Å². The molecule has 2 aromatic carbocycles. The fraction of sp³-hybridized carbons (Fsp3) is 0.440. The molecule has 2 rings (SSSR count). The first-order valence-electron chi connectivity index (χ1n) is 11.2. The molecule has 2 aromatic rings. The lowest BCUT2D eigenvalue weighted by Gasteiger charge is -2.32. The van der Waals surface area contributed by atoms with Gasteiger partial charge in [-0.25, -0.2) is 8.42 Å². The minimum absolute atomic E-state index is 0.201. The lowest BCUT2D eigenvalue weighted by Crippen LogP contribution is -2.51. The molecule has 7 nitrogen and oxygen atoms in total. The topological polar surface area (TPSA) is 86.8 Å². The Kier molecular flexibility index (Phi) is 9.46.